The zero-order valence-corrected chi connectivity index (χ0v) is 49.5. The van der Waals surface area contributed by atoms with Crippen molar-refractivity contribution in [2.45, 2.75) is 75.4 Å². The Morgan fingerprint density at radius 1 is 0.356 bits per heavy atom. The van der Waals surface area contributed by atoms with Gasteiger partial charge in [-0.05, 0) is 208 Å². The van der Waals surface area contributed by atoms with E-state index in [4.69, 9.17) is 62.7 Å². The van der Waals surface area contributed by atoms with E-state index in [1.54, 1.807) is 50.4 Å². The zero-order valence-electron chi connectivity index (χ0n) is 42.5. The normalized spacial score (nSPS) is 9.85. The van der Waals surface area contributed by atoms with Crippen LogP contribution in [-0.2, 0) is 6.18 Å². The number of hydrogen-bond donors (Lipinski definition) is 0. The summed E-state index contributed by atoms with van der Waals surface area (Å²) in [5.41, 5.74) is 9.90. The molecule has 390 valence electrons. The average molecular weight is 1230 g/mol. The molecule has 0 bridgehead atoms. The SMILES string of the molecule is COc1ccc(C)cc1.Cc1ccc(C)c(C(F)(F)F)c1.Cc1ccc(C)cc1.Cc1ccc(Cl)c(Br)c1.Cc1ccc(Cl)c(Cl)c1.Cc1ccc(Cl)cc1.Cc1ccc(F)c(Br)c1.Cc1ccc(F)c(Cl)c1. The molecular weight excluding hydrogens is 1170 g/mol. The largest absolute Gasteiger partial charge is 0.497 e. The molecule has 0 spiro atoms. The number of aryl methyl sites for hydroxylation is 10. The van der Waals surface area contributed by atoms with Gasteiger partial charge in [-0.1, -0.05) is 171 Å². The van der Waals surface area contributed by atoms with Gasteiger partial charge in [0.2, 0.25) is 0 Å². The maximum absolute atomic E-state index is 12.5. The number of benzene rings is 8. The van der Waals surface area contributed by atoms with Crippen LogP contribution in [0.3, 0.4) is 0 Å². The lowest BCUT2D eigenvalue weighted by atomic mass is 10.1. The molecular formula is C60H60Br2Cl5F5O. The number of hydrogen-bond acceptors (Lipinski definition) is 1. The summed E-state index contributed by atoms with van der Waals surface area (Å²) in [5.74, 6) is 0.350. The quantitative estimate of drug-likeness (QED) is 0.149. The lowest BCUT2D eigenvalue weighted by Crippen LogP contribution is -2.07. The van der Waals surface area contributed by atoms with E-state index >= 15 is 0 Å². The third kappa shape index (κ3) is 29.9. The van der Waals surface area contributed by atoms with Crippen molar-refractivity contribution < 1.29 is 26.7 Å². The Bertz CT molecular complexity index is 2570. The van der Waals surface area contributed by atoms with Crippen molar-refractivity contribution in [1.29, 1.82) is 0 Å². The summed E-state index contributed by atoms with van der Waals surface area (Å²) in [4.78, 5) is 0. The third-order valence-corrected chi connectivity index (χ3v) is 12.6. The van der Waals surface area contributed by atoms with E-state index < -0.39 is 11.7 Å². The van der Waals surface area contributed by atoms with Crippen LogP contribution >= 0.6 is 89.9 Å². The Morgan fingerprint density at radius 3 is 1.03 bits per heavy atom. The first-order chi connectivity index (χ1) is 34.1. The van der Waals surface area contributed by atoms with Crippen molar-refractivity contribution in [2.24, 2.45) is 0 Å². The molecule has 0 atom stereocenters. The first-order valence-electron chi connectivity index (χ1n) is 22.3. The fourth-order valence-corrected chi connectivity index (χ4v) is 7.11. The van der Waals surface area contributed by atoms with E-state index in [1.165, 1.54) is 52.9 Å². The van der Waals surface area contributed by atoms with Gasteiger partial charge in [0.05, 0.1) is 37.2 Å². The van der Waals surface area contributed by atoms with Crippen molar-refractivity contribution >= 4 is 89.9 Å². The number of ether oxygens (including phenoxy) is 1. The highest BCUT2D eigenvalue weighted by Crippen LogP contribution is 2.32. The molecule has 73 heavy (non-hydrogen) atoms. The fraction of sp³-hybridized carbons (Fsp3) is 0.200. The second kappa shape index (κ2) is 35.0. The van der Waals surface area contributed by atoms with Gasteiger partial charge in [0, 0.05) is 9.50 Å². The Morgan fingerprint density at radius 2 is 0.699 bits per heavy atom. The minimum absolute atomic E-state index is 0.190. The van der Waals surface area contributed by atoms with Crippen molar-refractivity contribution in [3.05, 3.63) is 271 Å². The summed E-state index contributed by atoms with van der Waals surface area (Å²) in [6, 6.07) is 49.5. The number of halogens is 12. The van der Waals surface area contributed by atoms with Gasteiger partial charge in [0.15, 0.2) is 0 Å². The maximum Gasteiger partial charge on any atom is 0.416 e. The molecule has 0 aromatic heterocycles. The molecule has 8 aromatic rings. The Kier molecular flexibility index (Phi) is 31.9. The van der Waals surface area contributed by atoms with E-state index in [1.807, 2.05) is 113 Å². The molecule has 8 aromatic carbocycles. The van der Waals surface area contributed by atoms with Gasteiger partial charge < -0.3 is 4.74 Å². The lowest BCUT2D eigenvalue weighted by molar-refractivity contribution is -0.138. The highest BCUT2D eigenvalue weighted by atomic mass is 79.9. The van der Waals surface area contributed by atoms with E-state index in [2.05, 4.69) is 76.9 Å². The summed E-state index contributed by atoms with van der Waals surface area (Å²) < 4.78 is 68.0. The second-order valence-electron chi connectivity index (χ2n) is 16.5. The van der Waals surface area contributed by atoms with Crippen LogP contribution in [0.4, 0.5) is 22.0 Å². The average Bonchev–Trinajstić information content (AvgIpc) is 3.33. The highest BCUT2D eigenvalue weighted by molar-refractivity contribution is 9.10. The standard InChI is InChI=1S/C9H9F3.C8H10O.C8H10.C7H6BrCl.C7H6BrF.C7H6Cl2.C7H6ClF.C7H7Cl/c1-6-3-4-7(2)8(5-6)9(10,11)12;1-7-3-5-8(9-2)6-4-7;1-7-3-5-8(2)6-4-7;2*1-5-2-3-7(9)6(8)4-5;1-5-2-3-6(8)7(9)4-5;1-5-2-3-7(9)6(8)4-5;1-6-2-4-7(8)5-3-6/h3-5H,1-2H3;3-6H,1-2H3;3-6H,1-2H3;4*2-4H,1H3;2-5H,1H3. The maximum atomic E-state index is 12.5. The summed E-state index contributed by atoms with van der Waals surface area (Å²) in [7, 11) is 1.67. The van der Waals surface area contributed by atoms with Crippen molar-refractivity contribution in [3.8, 4) is 5.75 Å². The predicted molar refractivity (Wildman–Crippen MR) is 311 cm³/mol. The van der Waals surface area contributed by atoms with E-state index in [0.717, 1.165) is 43.0 Å². The molecule has 0 aliphatic carbocycles. The number of rotatable bonds is 1. The molecule has 0 unspecified atom stereocenters. The van der Waals surface area contributed by atoms with E-state index in [0.29, 0.717) is 20.1 Å². The summed E-state index contributed by atoms with van der Waals surface area (Å²) >= 11 is 34.5. The summed E-state index contributed by atoms with van der Waals surface area (Å²) in [6.45, 7) is 19.2. The molecule has 8 rings (SSSR count). The minimum atomic E-state index is -4.23. The zero-order chi connectivity index (χ0) is 55.4. The van der Waals surface area contributed by atoms with Crippen molar-refractivity contribution in [2.75, 3.05) is 7.11 Å². The first-order valence-corrected chi connectivity index (χ1v) is 25.8. The first kappa shape index (κ1) is 66.6. The fourth-order valence-electron chi connectivity index (χ4n) is 5.29. The number of methoxy groups -OCH3 is 1. The van der Waals surface area contributed by atoms with Gasteiger partial charge in [-0.25, -0.2) is 8.78 Å². The topological polar surface area (TPSA) is 9.23 Å². The monoisotopic (exact) mass is 1220 g/mol. The molecule has 0 radical (unpaired) electrons. The van der Waals surface area contributed by atoms with Gasteiger partial charge >= 0.3 is 6.18 Å². The van der Waals surface area contributed by atoms with Crippen LogP contribution in [-0.4, -0.2) is 7.11 Å². The molecule has 0 N–H and O–H groups in total. The van der Waals surface area contributed by atoms with Crippen LogP contribution in [0.25, 0.3) is 0 Å². The summed E-state index contributed by atoms with van der Waals surface area (Å²) in [5, 5.41) is 2.99. The van der Waals surface area contributed by atoms with E-state index in [9.17, 15) is 22.0 Å². The molecule has 0 saturated carbocycles. The lowest BCUT2D eigenvalue weighted by Gasteiger charge is -2.10. The predicted octanol–water partition coefficient (Wildman–Crippen LogP) is 22.7. The molecule has 0 fully saturated rings. The highest BCUT2D eigenvalue weighted by Gasteiger charge is 2.32. The minimum Gasteiger partial charge on any atom is -0.497 e. The Hall–Kier alpha value is -4.38. The number of alkyl halides is 3. The van der Waals surface area contributed by atoms with Crippen LogP contribution in [0.15, 0.2) is 173 Å². The summed E-state index contributed by atoms with van der Waals surface area (Å²) in [6.07, 6.45) is -4.23. The third-order valence-electron chi connectivity index (χ3n) is 9.48. The molecule has 0 aliphatic rings. The molecule has 13 heteroatoms. The molecule has 0 saturated heterocycles. The molecule has 0 amide bonds. The molecule has 1 nitrogen and oxygen atoms in total. The van der Waals surface area contributed by atoms with Gasteiger partial charge in [-0.3, -0.25) is 0 Å². The molecule has 0 heterocycles. The van der Waals surface area contributed by atoms with Crippen LogP contribution in [0.2, 0.25) is 25.1 Å². The Labute approximate surface area is 471 Å². The smallest absolute Gasteiger partial charge is 0.416 e. The van der Waals surface area contributed by atoms with E-state index in [-0.39, 0.29) is 22.2 Å². The Balaban J connectivity index is 0.000000418. The van der Waals surface area contributed by atoms with Gasteiger partial charge in [0.25, 0.3) is 0 Å². The van der Waals surface area contributed by atoms with Crippen LogP contribution in [0.1, 0.15) is 61.2 Å². The molecule has 0 aliphatic heterocycles. The second-order valence-corrected chi connectivity index (χ2v) is 20.2. The van der Waals surface area contributed by atoms with Crippen LogP contribution in [0, 0.1) is 80.9 Å². The van der Waals surface area contributed by atoms with Gasteiger partial charge in [0.1, 0.15) is 17.4 Å². The van der Waals surface area contributed by atoms with Gasteiger partial charge in [-0.15, -0.1) is 0 Å². The van der Waals surface area contributed by atoms with Crippen LogP contribution < -0.4 is 4.74 Å². The van der Waals surface area contributed by atoms with Crippen molar-refractivity contribution in [1.82, 2.24) is 0 Å². The van der Waals surface area contributed by atoms with Crippen molar-refractivity contribution in [3.63, 3.8) is 0 Å². The van der Waals surface area contributed by atoms with Crippen LogP contribution in [0.5, 0.6) is 5.75 Å². The van der Waals surface area contributed by atoms with Gasteiger partial charge in [-0.2, -0.15) is 13.2 Å².